The molecule has 35 heavy (non-hydrogen) atoms. The third kappa shape index (κ3) is 8.09. The zero-order valence-corrected chi connectivity index (χ0v) is 23.7. The number of nitrogens with two attached hydrogens (primary N) is 1. The van der Waals surface area contributed by atoms with Crippen molar-refractivity contribution in [2.24, 2.45) is 11.1 Å². The first-order valence-electron chi connectivity index (χ1n) is 11.5. The molecule has 0 amide bonds. The molecule has 0 saturated carbocycles. The number of thiophene rings is 1. The molecule has 0 saturated heterocycles. The molecule has 2 heterocycles. The number of aromatic nitrogens is 2. The van der Waals surface area contributed by atoms with Gasteiger partial charge in [-0.3, -0.25) is 9.93 Å². The van der Waals surface area contributed by atoms with E-state index in [-0.39, 0.29) is 5.78 Å². The van der Waals surface area contributed by atoms with Crippen molar-refractivity contribution in [1.82, 2.24) is 9.97 Å². The fourth-order valence-corrected chi connectivity index (χ4v) is 5.01. The lowest BCUT2D eigenvalue weighted by molar-refractivity contribution is 0.102. The van der Waals surface area contributed by atoms with Crippen LogP contribution in [0.15, 0.2) is 52.7 Å². The van der Waals surface area contributed by atoms with Gasteiger partial charge in [0.1, 0.15) is 17.7 Å². The zero-order chi connectivity index (χ0) is 25.8. The Labute approximate surface area is 224 Å². The molecule has 10 heteroatoms. The Bertz CT molecular complexity index is 1080. The number of hydrogen-bond donors (Lipinski definition) is 3. The van der Waals surface area contributed by atoms with Crippen LogP contribution in [-0.2, 0) is 9.78 Å². The van der Waals surface area contributed by atoms with E-state index in [2.05, 4.69) is 38.1 Å². The summed E-state index contributed by atoms with van der Waals surface area (Å²) >= 11 is 5.61. The van der Waals surface area contributed by atoms with Gasteiger partial charge in [-0.1, -0.05) is 55.3 Å². The first-order valence-corrected chi connectivity index (χ1v) is 14.0. The number of carbonyl (C=O) groups is 1. The lowest BCUT2D eigenvalue weighted by Gasteiger charge is -2.23. The van der Waals surface area contributed by atoms with Crippen molar-refractivity contribution in [2.45, 2.75) is 46.1 Å². The molecule has 0 aliphatic carbocycles. The number of anilines is 1. The third-order valence-corrected chi connectivity index (χ3v) is 7.22. The fourth-order valence-electron chi connectivity index (χ4n) is 3.37. The van der Waals surface area contributed by atoms with Crippen LogP contribution in [0.5, 0.6) is 0 Å². The maximum atomic E-state index is 13.3. The molecule has 0 bridgehead atoms. The van der Waals surface area contributed by atoms with Gasteiger partial charge in [-0.15, -0.1) is 11.3 Å². The predicted molar refractivity (Wildman–Crippen MR) is 149 cm³/mol. The van der Waals surface area contributed by atoms with Crippen LogP contribution >= 0.6 is 39.5 Å². The maximum absolute atomic E-state index is 13.3. The highest BCUT2D eigenvalue weighted by molar-refractivity contribution is 9.10. The molecule has 4 N–H and O–H groups in total. The van der Waals surface area contributed by atoms with Gasteiger partial charge < -0.3 is 14.6 Å². The number of carbonyl (C=O) groups excluding carboxylic acids is 1. The molecule has 0 radical (unpaired) electrons. The number of ketones is 1. The van der Waals surface area contributed by atoms with Gasteiger partial charge in [0.25, 0.3) is 0 Å². The molecule has 0 fully saturated rings. The van der Waals surface area contributed by atoms with Crippen molar-refractivity contribution in [2.75, 3.05) is 18.5 Å². The first kappa shape index (κ1) is 29.4. The minimum atomic E-state index is -1.23. The topological polar surface area (TPSA) is 110 Å². The van der Waals surface area contributed by atoms with Gasteiger partial charge in [-0.25, -0.2) is 9.97 Å². The van der Waals surface area contributed by atoms with E-state index in [4.69, 9.17) is 9.32 Å². The summed E-state index contributed by atoms with van der Waals surface area (Å²) in [7, 11) is 0. The van der Waals surface area contributed by atoms with Crippen molar-refractivity contribution in [3.63, 3.8) is 0 Å². The van der Waals surface area contributed by atoms with Crippen molar-refractivity contribution < 1.29 is 14.1 Å². The van der Waals surface area contributed by atoms with Crippen LogP contribution in [0.1, 0.15) is 66.9 Å². The summed E-state index contributed by atoms with van der Waals surface area (Å²) in [6.07, 6.45) is 4.76. The van der Waals surface area contributed by atoms with Crippen LogP contribution in [0.25, 0.3) is 0 Å². The monoisotopic (exact) mass is 580 g/mol. The van der Waals surface area contributed by atoms with E-state index >= 15 is 0 Å². The van der Waals surface area contributed by atoms with Crippen LogP contribution in [0, 0.1) is 5.92 Å². The summed E-state index contributed by atoms with van der Waals surface area (Å²) < 4.78 is 6.12. The van der Waals surface area contributed by atoms with Crippen molar-refractivity contribution >= 4 is 51.1 Å². The number of rotatable bonds is 12. The lowest BCUT2D eigenvalue weighted by atomic mass is 9.90. The standard InChI is InChI=1S/C23H27BrN4O3S2.C2H6/c1-3-15(12-31-33-25)7-8-27-22-19(11-26-14-28-22)21(29)20-10-17(13-32-20)23(2,30)16-5-4-6-18(24)9-16;1-2/h4-6,9-11,13-15,30H,3,7-8,12,25H2,1-2H3,(H,26,27,28);1-2H3. The van der Waals surface area contributed by atoms with Gasteiger partial charge in [-0.05, 0) is 54.0 Å². The summed E-state index contributed by atoms with van der Waals surface area (Å²) in [4.78, 5) is 22.1. The smallest absolute Gasteiger partial charge is 0.208 e. The molecule has 0 aliphatic heterocycles. The zero-order valence-electron chi connectivity index (χ0n) is 20.5. The van der Waals surface area contributed by atoms with E-state index in [0.717, 1.165) is 35.1 Å². The second kappa shape index (κ2) is 14.7. The molecule has 3 rings (SSSR count). The highest BCUT2D eigenvalue weighted by atomic mass is 79.9. The average Bonchev–Trinajstić information content (AvgIpc) is 3.38. The van der Waals surface area contributed by atoms with E-state index in [1.54, 1.807) is 13.0 Å². The van der Waals surface area contributed by atoms with E-state index in [1.165, 1.54) is 23.9 Å². The fraction of sp³-hybridized carbons (Fsp3) is 0.400. The highest BCUT2D eigenvalue weighted by Gasteiger charge is 2.28. The molecule has 2 unspecified atom stereocenters. The van der Waals surface area contributed by atoms with Crippen molar-refractivity contribution in [3.05, 3.63) is 74.3 Å². The molecule has 0 spiro atoms. The van der Waals surface area contributed by atoms with E-state index in [9.17, 15) is 9.90 Å². The molecule has 2 atom stereocenters. The third-order valence-electron chi connectivity index (χ3n) is 5.52. The van der Waals surface area contributed by atoms with E-state index < -0.39 is 5.60 Å². The maximum Gasteiger partial charge on any atom is 0.208 e. The Morgan fingerprint density at radius 1 is 1.34 bits per heavy atom. The van der Waals surface area contributed by atoms with Gasteiger partial charge in [-0.2, -0.15) is 0 Å². The predicted octanol–water partition coefficient (Wildman–Crippen LogP) is 6.18. The second-order valence-corrected chi connectivity index (χ2v) is 10.0. The van der Waals surface area contributed by atoms with Crippen LogP contribution in [-0.4, -0.2) is 34.0 Å². The summed E-state index contributed by atoms with van der Waals surface area (Å²) in [6, 6.07) is 9.24. The Hall–Kier alpha value is -1.82. The molecular weight excluding hydrogens is 548 g/mol. The highest BCUT2D eigenvalue weighted by Crippen LogP contribution is 2.34. The number of hydrogen-bond acceptors (Lipinski definition) is 9. The summed E-state index contributed by atoms with van der Waals surface area (Å²) in [5.74, 6) is 0.664. The van der Waals surface area contributed by atoms with Gasteiger partial charge in [0, 0.05) is 17.2 Å². The van der Waals surface area contributed by atoms with Gasteiger partial charge in [0.2, 0.25) is 5.78 Å². The van der Waals surface area contributed by atoms with Crippen molar-refractivity contribution in [1.29, 1.82) is 0 Å². The number of nitrogens with zero attached hydrogens (tertiary/aromatic N) is 2. The van der Waals surface area contributed by atoms with Crippen LogP contribution in [0.3, 0.4) is 0 Å². The number of aliphatic hydroxyl groups is 1. The van der Waals surface area contributed by atoms with E-state index in [0.29, 0.717) is 40.9 Å². The quantitative estimate of drug-likeness (QED) is 0.132. The minimum absolute atomic E-state index is 0.186. The lowest BCUT2D eigenvalue weighted by Crippen LogP contribution is -2.22. The largest absolute Gasteiger partial charge is 0.381 e. The molecular formula is C25H33BrN4O3S2. The van der Waals surface area contributed by atoms with Crippen LogP contribution in [0.4, 0.5) is 5.82 Å². The summed E-state index contributed by atoms with van der Waals surface area (Å²) in [5.41, 5.74) is 0.562. The van der Waals surface area contributed by atoms with Gasteiger partial charge >= 0.3 is 0 Å². The molecule has 190 valence electrons. The number of nitrogens with one attached hydrogen (secondary N) is 1. The molecule has 1 aromatic carbocycles. The minimum Gasteiger partial charge on any atom is -0.381 e. The van der Waals surface area contributed by atoms with Crippen LogP contribution < -0.4 is 10.5 Å². The molecule has 2 aromatic heterocycles. The number of benzene rings is 1. The SMILES string of the molecule is CC.CCC(CCNc1ncncc1C(=O)c1cc(C(C)(O)c2cccc(Br)c2)cs1)COSN. The molecule has 0 aliphatic rings. The average molecular weight is 582 g/mol. The van der Waals surface area contributed by atoms with E-state index in [1.807, 2.05) is 43.5 Å². The Balaban J connectivity index is 0.00000210. The Morgan fingerprint density at radius 3 is 2.80 bits per heavy atom. The molecule has 3 aromatic rings. The van der Waals surface area contributed by atoms with Crippen molar-refractivity contribution in [3.8, 4) is 0 Å². The van der Waals surface area contributed by atoms with Crippen LogP contribution in [0.2, 0.25) is 0 Å². The first-order chi connectivity index (χ1) is 16.9. The normalized spacial score (nSPS) is 13.3. The number of halogens is 1. The van der Waals surface area contributed by atoms with Gasteiger partial charge in [0.15, 0.2) is 0 Å². The summed E-state index contributed by atoms with van der Waals surface area (Å²) in [6.45, 7) is 9.04. The Morgan fingerprint density at radius 2 is 2.11 bits per heavy atom. The summed E-state index contributed by atoms with van der Waals surface area (Å²) in [5, 5.41) is 21.6. The molecule has 7 nitrogen and oxygen atoms in total. The Kier molecular flexibility index (Phi) is 12.3. The van der Waals surface area contributed by atoms with Gasteiger partial charge in [0.05, 0.1) is 29.3 Å². The second-order valence-electron chi connectivity index (χ2n) is 7.77.